The van der Waals surface area contributed by atoms with E-state index in [-0.39, 0.29) is 25.1 Å². The van der Waals surface area contributed by atoms with Gasteiger partial charge in [-0.05, 0) is 38.8 Å². The maximum absolute atomic E-state index is 14.5. The van der Waals surface area contributed by atoms with Gasteiger partial charge in [0.2, 0.25) is 0 Å². The van der Waals surface area contributed by atoms with Crippen LogP contribution in [-0.4, -0.2) is 47.9 Å². The minimum Gasteiger partial charge on any atom is -0.497 e. The molecule has 1 aliphatic rings. The van der Waals surface area contributed by atoms with E-state index in [2.05, 4.69) is 0 Å². The lowest BCUT2D eigenvalue weighted by molar-refractivity contribution is -0.144. The number of likely N-dealkylation sites (tertiary alicyclic amines) is 1. The number of hydrogen-bond acceptors (Lipinski definition) is 4. The second-order valence-electron chi connectivity index (χ2n) is 7.15. The number of rotatable bonds is 3. The molecule has 0 radical (unpaired) electrons. The van der Waals surface area contributed by atoms with Crippen LogP contribution in [0.25, 0.3) is 0 Å². The predicted molar refractivity (Wildman–Crippen MR) is 89.2 cm³/mol. The number of piperidine rings is 1. The zero-order chi connectivity index (χ0) is 18.8. The number of aliphatic carboxylic acids is 1. The summed E-state index contributed by atoms with van der Waals surface area (Å²) in [6.07, 6.45) is -0.277. The normalized spacial score (nSPS) is 20.9. The summed E-state index contributed by atoms with van der Waals surface area (Å²) in [7, 11) is 1.43. The van der Waals surface area contributed by atoms with E-state index in [0.29, 0.717) is 5.75 Å². The molecule has 1 heterocycles. The maximum atomic E-state index is 14.5. The fourth-order valence-electron chi connectivity index (χ4n) is 2.99. The van der Waals surface area contributed by atoms with Gasteiger partial charge in [-0.3, -0.25) is 4.79 Å². The van der Waals surface area contributed by atoms with Gasteiger partial charge in [0.1, 0.15) is 17.2 Å². The van der Waals surface area contributed by atoms with E-state index < -0.39 is 35.3 Å². The summed E-state index contributed by atoms with van der Waals surface area (Å²) < 4.78 is 24.8. The van der Waals surface area contributed by atoms with Crippen LogP contribution in [0.1, 0.15) is 38.7 Å². The molecule has 1 N–H and O–H groups in total. The Labute approximate surface area is 146 Å². The van der Waals surface area contributed by atoms with Gasteiger partial charge in [-0.25, -0.2) is 9.18 Å². The molecule has 1 saturated heterocycles. The zero-order valence-corrected chi connectivity index (χ0v) is 14.9. The molecular weight excluding hydrogens is 329 g/mol. The van der Waals surface area contributed by atoms with E-state index >= 15 is 0 Å². The summed E-state index contributed by atoms with van der Waals surface area (Å²) in [4.78, 5) is 25.3. The highest BCUT2D eigenvalue weighted by Crippen LogP contribution is 2.35. The molecule has 2 atom stereocenters. The smallest absolute Gasteiger partial charge is 0.410 e. The summed E-state index contributed by atoms with van der Waals surface area (Å²) >= 11 is 0. The highest BCUT2D eigenvalue weighted by atomic mass is 19.1. The summed E-state index contributed by atoms with van der Waals surface area (Å²) in [5.41, 5.74) is -0.386. The van der Waals surface area contributed by atoms with Crippen molar-refractivity contribution in [3.8, 4) is 5.75 Å². The van der Waals surface area contributed by atoms with Crippen molar-refractivity contribution in [1.29, 1.82) is 0 Å². The molecule has 7 heteroatoms. The van der Waals surface area contributed by atoms with Gasteiger partial charge in [-0.15, -0.1) is 0 Å². The Kier molecular flexibility index (Phi) is 5.55. The highest BCUT2D eigenvalue weighted by Gasteiger charge is 2.39. The molecule has 1 aliphatic heterocycles. The summed E-state index contributed by atoms with van der Waals surface area (Å²) in [6, 6.07) is 4.33. The molecule has 25 heavy (non-hydrogen) atoms. The topological polar surface area (TPSA) is 76.1 Å². The Morgan fingerprint density at radius 2 is 2.00 bits per heavy atom. The lowest BCUT2D eigenvalue weighted by Crippen LogP contribution is -2.46. The molecule has 0 aliphatic carbocycles. The van der Waals surface area contributed by atoms with Crippen molar-refractivity contribution in [2.75, 3.05) is 20.2 Å². The fraction of sp³-hybridized carbons (Fsp3) is 0.556. The van der Waals surface area contributed by atoms with Crippen molar-refractivity contribution < 1.29 is 28.6 Å². The number of carbonyl (C=O) groups is 2. The minimum atomic E-state index is -0.996. The molecule has 2 rings (SSSR count). The number of carboxylic acids is 1. The van der Waals surface area contributed by atoms with Crippen molar-refractivity contribution in [2.24, 2.45) is 5.92 Å². The van der Waals surface area contributed by atoms with E-state index in [1.54, 1.807) is 26.8 Å². The number of hydrogen-bond donors (Lipinski definition) is 1. The number of methoxy groups -OCH3 is 1. The van der Waals surface area contributed by atoms with Crippen molar-refractivity contribution in [3.63, 3.8) is 0 Å². The monoisotopic (exact) mass is 353 g/mol. The summed E-state index contributed by atoms with van der Waals surface area (Å²) in [6.45, 7) is 5.63. The van der Waals surface area contributed by atoms with Crippen molar-refractivity contribution in [2.45, 2.75) is 38.7 Å². The molecule has 0 saturated carbocycles. The van der Waals surface area contributed by atoms with E-state index in [9.17, 15) is 19.1 Å². The number of carbonyl (C=O) groups excluding carboxylic acids is 1. The van der Waals surface area contributed by atoms with Crippen molar-refractivity contribution in [1.82, 2.24) is 4.90 Å². The SMILES string of the molecule is COc1ccc([C@@H]2CN(C(=O)OC(C)(C)C)CCC2C(=O)O)c(F)c1. The van der Waals surface area contributed by atoms with Gasteiger partial charge in [0.25, 0.3) is 0 Å². The number of nitrogens with zero attached hydrogens (tertiary/aromatic N) is 1. The first kappa shape index (κ1) is 19.0. The standard InChI is InChI=1S/C18H24FNO5/c1-18(2,3)25-17(23)20-8-7-13(16(21)22)14(10-20)12-6-5-11(24-4)9-15(12)19/h5-6,9,13-14H,7-8,10H2,1-4H3,(H,21,22)/t13?,14-/m0/s1. The molecule has 0 spiro atoms. The number of halogens is 1. The van der Waals surface area contributed by atoms with Crippen LogP contribution in [-0.2, 0) is 9.53 Å². The molecule has 1 aromatic rings. The van der Waals surface area contributed by atoms with Crippen LogP contribution in [0.15, 0.2) is 18.2 Å². The van der Waals surface area contributed by atoms with E-state index in [1.807, 2.05) is 0 Å². The quantitative estimate of drug-likeness (QED) is 0.903. The van der Waals surface area contributed by atoms with Gasteiger partial charge in [0.15, 0.2) is 0 Å². The molecule has 0 aromatic heterocycles. The van der Waals surface area contributed by atoms with Crippen LogP contribution < -0.4 is 4.74 Å². The van der Waals surface area contributed by atoms with Gasteiger partial charge in [-0.2, -0.15) is 0 Å². The summed E-state index contributed by atoms with van der Waals surface area (Å²) in [5, 5.41) is 9.49. The van der Waals surface area contributed by atoms with Crippen LogP contribution in [0, 0.1) is 11.7 Å². The van der Waals surface area contributed by atoms with Crippen LogP contribution in [0.3, 0.4) is 0 Å². The number of amides is 1. The average molecular weight is 353 g/mol. The zero-order valence-electron chi connectivity index (χ0n) is 14.9. The van der Waals surface area contributed by atoms with Crippen molar-refractivity contribution in [3.05, 3.63) is 29.6 Å². The van der Waals surface area contributed by atoms with E-state index in [0.717, 1.165) is 0 Å². The van der Waals surface area contributed by atoms with Crippen LogP contribution in [0.5, 0.6) is 5.75 Å². The Morgan fingerprint density at radius 1 is 1.32 bits per heavy atom. The molecular formula is C18H24FNO5. The molecule has 138 valence electrons. The third-order valence-corrected chi connectivity index (χ3v) is 4.19. The molecule has 1 fully saturated rings. The maximum Gasteiger partial charge on any atom is 0.410 e. The molecule has 0 bridgehead atoms. The van der Waals surface area contributed by atoms with Crippen LogP contribution in [0.4, 0.5) is 9.18 Å². The first-order valence-electron chi connectivity index (χ1n) is 8.16. The van der Waals surface area contributed by atoms with Crippen LogP contribution >= 0.6 is 0 Å². The Hall–Kier alpha value is -2.31. The van der Waals surface area contributed by atoms with Crippen molar-refractivity contribution >= 4 is 12.1 Å². The number of benzene rings is 1. The highest BCUT2D eigenvalue weighted by molar-refractivity contribution is 5.73. The minimum absolute atomic E-state index is 0.0924. The Balaban J connectivity index is 2.27. The summed E-state index contributed by atoms with van der Waals surface area (Å²) in [5.74, 6) is -2.59. The van der Waals surface area contributed by atoms with Gasteiger partial charge < -0.3 is 19.5 Å². The Bertz CT molecular complexity index is 655. The molecule has 1 unspecified atom stereocenters. The number of carboxylic acid groups (broad SMARTS) is 1. The third-order valence-electron chi connectivity index (χ3n) is 4.19. The lowest BCUT2D eigenvalue weighted by atomic mass is 9.80. The fourth-order valence-corrected chi connectivity index (χ4v) is 2.99. The second-order valence-corrected chi connectivity index (χ2v) is 7.15. The molecule has 1 amide bonds. The van der Waals surface area contributed by atoms with Gasteiger partial charge in [-0.1, -0.05) is 6.07 Å². The first-order valence-corrected chi connectivity index (χ1v) is 8.16. The van der Waals surface area contributed by atoms with Gasteiger partial charge in [0.05, 0.1) is 13.0 Å². The van der Waals surface area contributed by atoms with E-state index in [1.165, 1.54) is 24.1 Å². The third kappa shape index (κ3) is 4.61. The lowest BCUT2D eigenvalue weighted by Gasteiger charge is -2.37. The number of ether oxygens (including phenoxy) is 2. The predicted octanol–water partition coefficient (Wildman–Crippen LogP) is 3.26. The average Bonchev–Trinajstić information content (AvgIpc) is 2.52. The van der Waals surface area contributed by atoms with Gasteiger partial charge >= 0.3 is 12.1 Å². The molecule has 6 nitrogen and oxygen atoms in total. The van der Waals surface area contributed by atoms with Gasteiger partial charge in [0, 0.05) is 25.1 Å². The van der Waals surface area contributed by atoms with E-state index in [4.69, 9.17) is 9.47 Å². The largest absolute Gasteiger partial charge is 0.497 e. The second kappa shape index (κ2) is 7.29. The molecule has 1 aromatic carbocycles. The first-order chi connectivity index (χ1) is 11.6. The van der Waals surface area contributed by atoms with Crippen LogP contribution in [0.2, 0.25) is 0 Å². The Morgan fingerprint density at radius 3 is 2.52 bits per heavy atom.